The molecule has 0 saturated heterocycles. The molecule has 0 amide bonds. The third kappa shape index (κ3) is 3.46. The van der Waals surface area contributed by atoms with Crippen LogP contribution in [0.3, 0.4) is 0 Å². The van der Waals surface area contributed by atoms with Gasteiger partial charge in [-0.15, -0.1) is 0 Å². The summed E-state index contributed by atoms with van der Waals surface area (Å²) >= 11 is 0. The smallest absolute Gasteiger partial charge is 0.159 e. The van der Waals surface area contributed by atoms with E-state index in [1.165, 1.54) is 0 Å². The van der Waals surface area contributed by atoms with Crippen molar-refractivity contribution in [3.05, 3.63) is 58.7 Å². The van der Waals surface area contributed by atoms with Gasteiger partial charge in [0.1, 0.15) is 12.4 Å². The minimum Gasteiger partial charge on any atom is -0.489 e. The molecule has 0 radical (unpaired) electrons. The summed E-state index contributed by atoms with van der Waals surface area (Å²) in [5.74, 6) is 6.71. The zero-order chi connectivity index (χ0) is 16.3. The van der Waals surface area contributed by atoms with Crippen molar-refractivity contribution in [3.63, 3.8) is 0 Å². The molecule has 0 saturated carbocycles. The van der Waals surface area contributed by atoms with E-state index in [1.807, 2.05) is 51.2 Å². The molecule has 22 heavy (non-hydrogen) atoms. The average molecular weight is 298 g/mol. The first-order chi connectivity index (χ1) is 10.4. The van der Waals surface area contributed by atoms with Gasteiger partial charge >= 0.3 is 0 Å². The van der Waals surface area contributed by atoms with Crippen LogP contribution in [0, 0.1) is 13.8 Å². The van der Waals surface area contributed by atoms with Gasteiger partial charge in [-0.05, 0) is 56.2 Å². The van der Waals surface area contributed by atoms with E-state index in [9.17, 15) is 4.79 Å². The highest BCUT2D eigenvalue weighted by Crippen LogP contribution is 2.25. The van der Waals surface area contributed by atoms with Gasteiger partial charge in [-0.3, -0.25) is 4.79 Å². The number of anilines is 1. The quantitative estimate of drug-likeness (QED) is 0.522. The zero-order valence-electron chi connectivity index (χ0n) is 13.5. The largest absolute Gasteiger partial charge is 0.489 e. The number of Topliss-reactive ketones (excluding diaryl/α,β-unsaturated/α-hetero) is 1. The molecule has 0 aliphatic rings. The molecular weight excluding hydrogens is 276 g/mol. The topological polar surface area (TPSA) is 55.6 Å². The van der Waals surface area contributed by atoms with E-state index in [0.717, 1.165) is 28.1 Å². The lowest BCUT2D eigenvalue weighted by Crippen LogP contribution is -2.26. The molecule has 2 aromatic rings. The molecule has 0 aliphatic carbocycles. The molecule has 116 valence electrons. The Hall–Kier alpha value is -2.33. The Morgan fingerprint density at radius 3 is 2.50 bits per heavy atom. The molecule has 2 rings (SSSR count). The fraction of sp³-hybridized carbons (Fsp3) is 0.278. The fourth-order valence-electron chi connectivity index (χ4n) is 2.39. The molecule has 0 aliphatic heterocycles. The molecule has 0 fully saturated rings. The second-order valence-corrected chi connectivity index (χ2v) is 5.51. The summed E-state index contributed by atoms with van der Waals surface area (Å²) in [7, 11) is 1.81. The third-order valence-electron chi connectivity index (χ3n) is 3.72. The number of nitrogens with zero attached hydrogens (tertiary/aromatic N) is 1. The summed E-state index contributed by atoms with van der Waals surface area (Å²) in [6, 6.07) is 11.5. The van der Waals surface area contributed by atoms with Crippen molar-refractivity contribution >= 4 is 11.5 Å². The SMILES string of the molecule is CC(=O)c1ccc(OCc2c(C)cccc2N(C)N)c(C)c1. The summed E-state index contributed by atoms with van der Waals surface area (Å²) < 4.78 is 5.94. The van der Waals surface area contributed by atoms with E-state index in [-0.39, 0.29) is 5.78 Å². The molecule has 4 nitrogen and oxygen atoms in total. The lowest BCUT2D eigenvalue weighted by molar-refractivity contribution is 0.101. The number of hydrazine groups is 1. The molecular formula is C18H22N2O2. The van der Waals surface area contributed by atoms with E-state index < -0.39 is 0 Å². The Morgan fingerprint density at radius 2 is 1.91 bits per heavy atom. The Kier molecular flexibility index (Phi) is 4.83. The van der Waals surface area contributed by atoms with E-state index in [1.54, 1.807) is 18.0 Å². The summed E-state index contributed by atoms with van der Waals surface area (Å²) in [6.45, 7) is 5.97. The number of rotatable bonds is 5. The summed E-state index contributed by atoms with van der Waals surface area (Å²) in [5.41, 5.74) is 4.78. The second-order valence-electron chi connectivity index (χ2n) is 5.51. The number of aryl methyl sites for hydroxylation is 2. The number of carbonyl (C=O) groups is 1. The van der Waals surface area contributed by atoms with Crippen molar-refractivity contribution < 1.29 is 9.53 Å². The summed E-state index contributed by atoms with van der Waals surface area (Å²) in [5, 5.41) is 1.59. The highest BCUT2D eigenvalue weighted by Gasteiger charge is 2.10. The lowest BCUT2D eigenvalue weighted by Gasteiger charge is -2.19. The molecule has 0 heterocycles. The molecule has 4 heteroatoms. The average Bonchev–Trinajstić information content (AvgIpc) is 2.46. The standard InChI is InChI=1S/C18H22N2O2/c1-12-6-5-7-17(20(4)19)16(12)11-22-18-9-8-15(14(3)21)10-13(18)2/h5-10H,11,19H2,1-4H3. The monoisotopic (exact) mass is 298 g/mol. The van der Waals surface area contributed by atoms with Gasteiger partial charge in [0.15, 0.2) is 5.78 Å². The van der Waals surface area contributed by atoms with Gasteiger partial charge in [0.2, 0.25) is 0 Å². The number of hydrogen-bond acceptors (Lipinski definition) is 4. The first-order valence-corrected chi connectivity index (χ1v) is 7.21. The minimum atomic E-state index is 0.0561. The molecule has 0 atom stereocenters. The van der Waals surface area contributed by atoms with Crippen molar-refractivity contribution in [2.24, 2.45) is 5.84 Å². The molecule has 2 aromatic carbocycles. The Morgan fingerprint density at radius 1 is 1.18 bits per heavy atom. The maximum Gasteiger partial charge on any atom is 0.159 e. The van der Waals surface area contributed by atoms with Crippen molar-refractivity contribution in [2.75, 3.05) is 12.1 Å². The number of benzene rings is 2. The van der Waals surface area contributed by atoms with Gasteiger partial charge in [0.25, 0.3) is 0 Å². The van der Waals surface area contributed by atoms with Crippen LogP contribution < -0.4 is 15.6 Å². The van der Waals surface area contributed by atoms with Crippen LogP contribution in [0.15, 0.2) is 36.4 Å². The third-order valence-corrected chi connectivity index (χ3v) is 3.72. The zero-order valence-corrected chi connectivity index (χ0v) is 13.5. The number of nitrogens with two attached hydrogens (primary N) is 1. The van der Waals surface area contributed by atoms with Gasteiger partial charge in [-0.1, -0.05) is 12.1 Å². The number of ether oxygens (including phenoxy) is 1. The summed E-state index contributed by atoms with van der Waals surface area (Å²) in [6.07, 6.45) is 0. The van der Waals surface area contributed by atoms with Crippen LogP contribution in [-0.2, 0) is 6.61 Å². The lowest BCUT2D eigenvalue weighted by atomic mass is 10.1. The number of carbonyl (C=O) groups excluding carboxylic acids is 1. The van der Waals surface area contributed by atoms with E-state index in [2.05, 4.69) is 0 Å². The molecule has 0 unspecified atom stereocenters. The van der Waals surface area contributed by atoms with Crippen LogP contribution in [0.4, 0.5) is 5.69 Å². The second kappa shape index (κ2) is 6.62. The van der Waals surface area contributed by atoms with Crippen molar-refractivity contribution in [3.8, 4) is 5.75 Å². The van der Waals surface area contributed by atoms with E-state index >= 15 is 0 Å². The van der Waals surface area contributed by atoms with Gasteiger partial charge < -0.3 is 9.75 Å². The van der Waals surface area contributed by atoms with Crippen LogP contribution in [0.2, 0.25) is 0 Å². The number of hydrogen-bond donors (Lipinski definition) is 1. The molecule has 0 aromatic heterocycles. The van der Waals surface area contributed by atoms with Gasteiger partial charge in [0.05, 0.1) is 5.69 Å². The Labute approximate surface area is 131 Å². The highest BCUT2D eigenvalue weighted by molar-refractivity contribution is 5.94. The normalized spacial score (nSPS) is 10.4. The maximum absolute atomic E-state index is 11.4. The predicted molar refractivity (Wildman–Crippen MR) is 89.3 cm³/mol. The Balaban J connectivity index is 2.22. The highest BCUT2D eigenvalue weighted by atomic mass is 16.5. The first-order valence-electron chi connectivity index (χ1n) is 7.21. The van der Waals surface area contributed by atoms with Crippen LogP contribution in [0.5, 0.6) is 5.75 Å². The maximum atomic E-state index is 11.4. The predicted octanol–water partition coefficient (Wildman–Crippen LogP) is 3.39. The minimum absolute atomic E-state index is 0.0561. The summed E-state index contributed by atoms with van der Waals surface area (Å²) in [4.78, 5) is 11.4. The Bertz CT molecular complexity index is 693. The van der Waals surface area contributed by atoms with Crippen LogP contribution in [0.25, 0.3) is 0 Å². The first kappa shape index (κ1) is 16.0. The van der Waals surface area contributed by atoms with E-state index in [4.69, 9.17) is 10.6 Å². The van der Waals surface area contributed by atoms with Crippen molar-refractivity contribution in [1.29, 1.82) is 0 Å². The number of ketones is 1. The van der Waals surface area contributed by atoms with Gasteiger partial charge in [-0.2, -0.15) is 0 Å². The molecule has 0 spiro atoms. The van der Waals surface area contributed by atoms with Crippen molar-refractivity contribution in [2.45, 2.75) is 27.4 Å². The van der Waals surface area contributed by atoms with Crippen LogP contribution in [0.1, 0.15) is 34.0 Å². The van der Waals surface area contributed by atoms with Crippen LogP contribution in [-0.4, -0.2) is 12.8 Å². The molecule has 0 bridgehead atoms. The van der Waals surface area contributed by atoms with Crippen molar-refractivity contribution in [1.82, 2.24) is 0 Å². The van der Waals surface area contributed by atoms with Gasteiger partial charge in [0, 0.05) is 18.2 Å². The molecule has 2 N–H and O–H groups in total. The fourth-order valence-corrected chi connectivity index (χ4v) is 2.39. The van der Waals surface area contributed by atoms with E-state index in [0.29, 0.717) is 12.2 Å². The van der Waals surface area contributed by atoms with Crippen LogP contribution >= 0.6 is 0 Å². The van der Waals surface area contributed by atoms with Gasteiger partial charge in [-0.25, -0.2) is 5.84 Å².